The van der Waals surface area contributed by atoms with Gasteiger partial charge < -0.3 is 4.57 Å². The van der Waals surface area contributed by atoms with Gasteiger partial charge in [-0.05, 0) is 84.4 Å². The molecule has 42 heavy (non-hydrogen) atoms. The van der Waals surface area contributed by atoms with E-state index in [0.29, 0.717) is 21.3 Å². The van der Waals surface area contributed by atoms with Crippen LogP contribution in [0, 0.1) is 6.92 Å². The molecule has 8 heteroatoms. The Morgan fingerprint density at radius 2 is 1.38 bits per heavy atom. The van der Waals surface area contributed by atoms with E-state index in [1.165, 1.54) is 4.90 Å². The molecule has 1 aromatic heterocycles. The Morgan fingerprint density at radius 1 is 0.762 bits per heavy atom. The molecule has 1 saturated heterocycles. The van der Waals surface area contributed by atoms with Gasteiger partial charge in [-0.2, -0.15) is 0 Å². The summed E-state index contributed by atoms with van der Waals surface area (Å²) >= 11 is 18.0. The Hall–Kier alpha value is -4.49. The van der Waals surface area contributed by atoms with Gasteiger partial charge in [-0.15, -0.1) is 0 Å². The number of carbonyl (C=O) groups excluding carboxylic acids is 2. The van der Waals surface area contributed by atoms with Crippen molar-refractivity contribution in [1.29, 1.82) is 0 Å². The predicted octanol–water partition coefficient (Wildman–Crippen LogP) is 8.26. The first-order valence-corrected chi connectivity index (χ1v) is 14.3. The maximum absolute atomic E-state index is 13.9. The SMILES string of the molecule is Cc1ccc(N2C(=O)/C(=C\c3cc(-c4ccccc4)n(-c4ccc(Cl)cc4)c3-c3ccccc3)C(=O)NC2=S)cc1Cl. The topological polar surface area (TPSA) is 54.3 Å². The number of carbonyl (C=O) groups is 2. The number of nitrogens with one attached hydrogen (secondary N) is 1. The van der Waals surface area contributed by atoms with E-state index in [2.05, 4.69) is 9.88 Å². The van der Waals surface area contributed by atoms with Crippen molar-refractivity contribution in [3.8, 4) is 28.2 Å². The first-order chi connectivity index (χ1) is 20.3. The zero-order valence-corrected chi connectivity index (χ0v) is 24.7. The molecule has 1 fully saturated rings. The number of anilines is 1. The highest BCUT2D eigenvalue weighted by Gasteiger charge is 2.35. The molecule has 1 aliphatic heterocycles. The average molecular weight is 609 g/mol. The molecule has 0 aliphatic carbocycles. The summed E-state index contributed by atoms with van der Waals surface area (Å²) in [5, 5.41) is 3.78. The molecule has 0 radical (unpaired) electrons. The summed E-state index contributed by atoms with van der Waals surface area (Å²) in [6, 6.07) is 34.5. The van der Waals surface area contributed by atoms with Gasteiger partial charge in [-0.3, -0.25) is 19.8 Å². The molecule has 1 N–H and O–H groups in total. The van der Waals surface area contributed by atoms with E-state index in [-0.39, 0.29) is 10.7 Å². The van der Waals surface area contributed by atoms with Gasteiger partial charge in [-0.25, -0.2) is 0 Å². The highest BCUT2D eigenvalue weighted by molar-refractivity contribution is 7.80. The Balaban J connectivity index is 1.59. The minimum atomic E-state index is -0.570. The Labute approximate surface area is 258 Å². The summed E-state index contributed by atoms with van der Waals surface area (Å²) in [7, 11) is 0. The van der Waals surface area contributed by atoms with Gasteiger partial charge in [0.25, 0.3) is 11.8 Å². The summed E-state index contributed by atoms with van der Waals surface area (Å²) in [5.74, 6) is -1.11. The number of nitrogens with zero attached hydrogens (tertiary/aromatic N) is 2. The van der Waals surface area contributed by atoms with Crippen LogP contribution < -0.4 is 10.2 Å². The molecule has 0 atom stereocenters. The molecule has 0 bridgehead atoms. The normalized spacial score (nSPS) is 14.4. The third kappa shape index (κ3) is 5.16. The fourth-order valence-corrected chi connectivity index (χ4v) is 5.56. The second-order valence-corrected chi connectivity index (χ2v) is 11.0. The quantitative estimate of drug-likeness (QED) is 0.124. The summed E-state index contributed by atoms with van der Waals surface area (Å²) in [6.45, 7) is 1.87. The Bertz CT molecular complexity index is 1880. The second-order valence-electron chi connectivity index (χ2n) is 9.77. The van der Waals surface area contributed by atoms with E-state index < -0.39 is 11.8 Å². The summed E-state index contributed by atoms with van der Waals surface area (Å²) in [5.41, 5.74) is 6.40. The molecule has 5 aromatic rings. The van der Waals surface area contributed by atoms with Gasteiger partial charge in [0.1, 0.15) is 5.57 Å². The van der Waals surface area contributed by atoms with Gasteiger partial charge in [-0.1, -0.05) is 89.9 Å². The third-order valence-corrected chi connectivity index (χ3v) is 7.99. The van der Waals surface area contributed by atoms with Gasteiger partial charge in [0.2, 0.25) is 0 Å². The maximum Gasteiger partial charge on any atom is 0.270 e. The van der Waals surface area contributed by atoms with Crippen LogP contribution in [0.5, 0.6) is 0 Å². The number of benzene rings is 4. The first kappa shape index (κ1) is 27.7. The molecule has 0 unspecified atom stereocenters. The van der Waals surface area contributed by atoms with E-state index in [9.17, 15) is 9.59 Å². The van der Waals surface area contributed by atoms with Crippen molar-refractivity contribution in [2.75, 3.05) is 4.90 Å². The Kier molecular flexibility index (Phi) is 7.52. The van der Waals surface area contributed by atoms with Crippen LogP contribution in [0.3, 0.4) is 0 Å². The molecule has 6 rings (SSSR count). The average Bonchev–Trinajstić information content (AvgIpc) is 3.37. The molecular formula is C34H23Cl2N3O2S. The summed E-state index contributed by atoms with van der Waals surface area (Å²) in [6.07, 6.45) is 1.63. The Morgan fingerprint density at radius 3 is 2.02 bits per heavy atom. The van der Waals surface area contributed by atoms with Crippen LogP contribution in [0.15, 0.2) is 115 Å². The number of amides is 2. The fourth-order valence-electron chi connectivity index (χ4n) is 4.98. The fraction of sp³-hybridized carbons (Fsp3) is 0.0294. The van der Waals surface area contributed by atoms with Crippen molar-refractivity contribution in [1.82, 2.24) is 9.88 Å². The lowest BCUT2D eigenvalue weighted by atomic mass is 10.0. The van der Waals surface area contributed by atoms with Crippen LogP contribution in [0.2, 0.25) is 10.0 Å². The standard InChI is InChI=1S/C34H23Cl2N3O2S/c1-21-12-15-27(20-29(21)36)39-33(41)28(32(40)37-34(39)42)18-24-19-30(22-8-4-2-5-9-22)38(26-16-13-25(35)14-17-26)31(24)23-10-6-3-7-11-23/h2-20H,1H3,(H,37,40,42)/b28-18-. The van der Waals surface area contributed by atoms with Crippen LogP contribution >= 0.6 is 35.4 Å². The van der Waals surface area contributed by atoms with Crippen molar-refractivity contribution in [2.24, 2.45) is 0 Å². The molecule has 0 spiro atoms. The highest BCUT2D eigenvalue weighted by Crippen LogP contribution is 2.38. The minimum Gasteiger partial charge on any atom is -0.309 e. The number of aryl methyl sites for hydroxylation is 1. The van der Waals surface area contributed by atoms with Crippen molar-refractivity contribution in [2.45, 2.75) is 6.92 Å². The van der Waals surface area contributed by atoms with E-state index in [0.717, 1.165) is 33.8 Å². The number of hydrogen-bond donors (Lipinski definition) is 1. The van der Waals surface area contributed by atoms with E-state index >= 15 is 0 Å². The lowest BCUT2D eigenvalue weighted by molar-refractivity contribution is -0.122. The van der Waals surface area contributed by atoms with Crippen LogP contribution in [-0.4, -0.2) is 21.5 Å². The summed E-state index contributed by atoms with van der Waals surface area (Å²) in [4.78, 5) is 28.5. The predicted molar refractivity (Wildman–Crippen MR) is 174 cm³/mol. The highest BCUT2D eigenvalue weighted by atomic mass is 35.5. The zero-order valence-electron chi connectivity index (χ0n) is 22.3. The first-order valence-electron chi connectivity index (χ1n) is 13.1. The van der Waals surface area contributed by atoms with Crippen LogP contribution in [0.4, 0.5) is 5.69 Å². The van der Waals surface area contributed by atoms with Gasteiger partial charge in [0.05, 0.1) is 17.1 Å². The number of rotatable bonds is 5. The molecule has 206 valence electrons. The molecule has 4 aromatic carbocycles. The summed E-state index contributed by atoms with van der Waals surface area (Å²) < 4.78 is 2.11. The van der Waals surface area contributed by atoms with E-state index in [1.807, 2.05) is 97.9 Å². The smallest absolute Gasteiger partial charge is 0.270 e. The monoisotopic (exact) mass is 607 g/mol. The molecular weight excluding hydrogens is 585 g/mol. The van der Waals surface area contributed by atoms with Gasteiger partial charge in [0, 0.05) is 21.3 Å². The number of aromatic nitrogens is 1. The second kappa shape index (κ2) is 11.4. The van der Waals surface area contributed by atoms with Crippen molar-refractivity contribution in [3.63, 3.8) is 0 Å². The van der Waals surface area contributed by atoms with Crippen LogP contribution in [0.1, 0.15) is 11.1 Å². The zero-order chi connectivity index (χ0) is 29.4. The van der Waals surface area contributed by atoms with Crippen LogP contribution in [-0.2, 0) is 9.59 Å². The van der Waals surface area contributed by atoms with E-state index in [1.54, 1.807) is 24.3 Å². The van der Waals surface area contributed by atoms with E-state index in [4.69, 9.17) is 35.4 Å². The number of halogens is 2. The minimum absolute atomic E-state index is 0.00550. The molecule has 0 saturated carbocycles. The molecule has 5 nitrogen and oxygen atoms in total. The number of hydrogen-bond acceptors (Lipinski definition) is 3. The lowest BCUT2D eigenvalue weighted by Gasteiger charge is -2.29. The van der Waals surface area contributed by atoms with Crippen molar-refractivity contribution < 1.29 is 9.59 Å². The van der Waals surface area contributed by atoms with Gasteiger partial charge >= 0.3 is 0 Å². The van der Waals surface area contributed by atoms with Crippen LogP contribution in [0.25, 0.3) is 34.3 Å². The third-order valence-electron chi connectivity index (χ3n) is 7.05. The largest absolute Gasteiger partial charge is 0.309 e. The lowest BCUT2D eigenvalue weighted by Crippen LogP contribution is -2.54. The molecule has 2 heterocycles. The molecule has 2 amide bonds. The molecule has 1 aliphatic rings. The van der Waals surface area contributed by atoms with Crippen molar-refractivity contribution in [3.05, 3.63) is 136 Å². The number of thiocarbonyl (C=S) groups is 1. The maximum atomic E-state index is 13.9. The van der Waals surface area contributed by atoms with Gasteiger partial charge in [0.15, 0.2) is 5.11 Å². The van der Waals surface area contributed by atoms with Crippen molar-refractivity contribution >= 4 is 64.1 Å².